The highest BCUT2D eigenvalue weighted by Gasteiger charge is 2.31. The topological polar surface area (TPSA) is 41.6 Å². The fourth-order valence-electron chi connectivity index (χ4n) is 2.19. The minimum Gasteiger partial charge on any atom is -0.406 e. The second kappa shape index (κ2) is 5.70. The number of ether oxygens (including phenoxy) is 1. The van der Waals surface area contributed by atoms with Crippen molar-refractivity contribution in [3.63, 3.8) is 0 Å². The average molecular weight is 288 g/mol. The lowest BCUT2D eigenvalue weighted by molar-refractivity contribution is -0.274. The number of hydrogen-bond donors (Lipinski definition) is 1. The number of carbonyl (C=O) groups excluding carboxylic acids is 1. The molecule has 1 heterocycles. The van der Waals surface area contributed by atoms with E-state index in [1.807, 2.05) is 7.05 Å². The van der Waals surface area contributed by atoms with Crippen LogP contribution in [0.3, 0.4) is 0 Å². The number of nitrogens with one attached hydrogen (secondary N) is 1. The van der Waals surface area contributed by atoms with E-state index in [9.17, 15) is 18.0 Å². The van der Waals surface area contributed by atoms with Crippen LogP contribution >= 0.6 is 0 Å². The normalized spacial score (nSPS) is 19.2. The molecule has 1 saturated heterocycles. The third-order valence-corrected chi connectivity index (χ3v) is 3.20. The van der Waals surface area contributed by atoms with E-state index in [-0.39, 0.29) is 23.3 Å². The van der Waals surface area contributed by atoms with Crippen LogP contribution in [0, 0.1) is 0 Å². The second-order valence-corrected chi connectivity index (χ2v) is 4.60. The predicted octanol–water partition coefficient (Wildman–Crippen LogP) is 2.02. The van der Waals surface area contributed by atoms with Crippen LogP contribution in [0.1, 0.15) is 16.8 Å². The highest BCUT2D eigenvalue weighted by Crippen LogP contribution is 2.24. The molecule has 4 nitrogen and oxygen atoms in total. The Morgan fingerprint density at radius 3 is 2.80 bits per heavy atom. The van der Waals surface area contributed by atoms with Crippen LogP contribution in [0.15, 0.2) is 24.3 Å². The van der Waals surface area contributed by atoms with E-state index < -0.39 is 6.36 Å². The minimum atomic E-state index is -4.76. The Kier molecular flexibility index (Phi) is 4.17. The molecule has 20 heavy (non-hydrogen) atoms. The summed E-state index contributed by atoms with van der Waals surface area (Å²) < 4.78 is 40.3. The van der Waals surface area contributed by atoms with Gasteiger partial charge in [-0.2, -0.15) is 0 Å². The predicted molar refractivity (Wildman–Crippen MR) is 66.5 cm³/mol. The monoisotopic (exact) mass is 288 g/mol. The smallest absolute Gasteiger partial charge is 0.406 e. The van der Waals surface area contributed by atoms with Gasteiger partial charge in [-0.05, 0) is 31.7 Å². The van der Waals surface area contributed by atoms with Gasteiger partial charge in [0.2, 0.25) is 0 Å². The summed E-state index contributed by atoms with van der Waals surface area (Å²) in [4.78, 5) is 13.8. The summed E-state index contributed by atoms with van der Waals surface area (Å²) in [5, 5.41) is 3.08. The first-order valence-electron chi connectivity index (χ1n) is 6.21. The van der Waals surface area contributed by atoms with Crippen molar-refractivity contribution in [1.82, 2.24) is 10.2 Å². The highest BCUT2D eigenvalue weighted by molar-refractivity contribution is 5.94. The number of likely N-dealkylation sites (N-methyl/N-ethyl adjacent to an activating group) is 1. The zero-order valence-electron chi connectivity index (χ0n) is 10.9. The molecule has 1 aliphatic heterocycles. The van der Waals surface area contributed by atoms with Gasteiger partial charge in [-0.25, -0.2) is 0 Å². The molecule has 1 amide bonds. The molecular weight excluding hydrogens is 273 g/mol. The van der Waals surface area contributed by atoms with Crippen molar-refractivity contribution in [3.8, 4) is 5.75 Å². The van der Waals surface area contributed by atoms with Crippen molar-refractivity contribution in [2.24, 2.45) is 0 Å². The maximum Gasteiger partial charge on any atom is 0.573 e. The quantitative estimate of drug-likeness (QED) is 0.925. The third-order valence-electron chi connectivity index (χ3n) is 3.20. The molecule has 2 rings (SSSR count). The summed E-state index contributed by atoms with van der Waals surface area (Å²) in [6.07, 6.45) is -3.92. The fourth-order valence-corrected chi connectivity index (χ4v) is 2.19. The van der Waals surface area contributed by atoms with Gasteiger partial charge in [0, 0.05) is 24.7 Å². The number of rotatable bonds is 3. The summed E-state index contributed by atoms with van der Waals surface area (Å²) in [6, 6.07) is 5.37. The van der Waals surface area contributed by atoms with Gasteiger partial charge < -0.3 is 15.0 Å². The fraction of sp³-hybridized carbons (Fsp3) is 0.462. The molecular formula is C13H15F3N2O2. The number of hydrogen-bond acceptors (Lipinski definition) is 3. The number of nitrogens with zero attached hydrogens (tertiary/aromatic N) is 1. The van der Waals surface area contributed by atoms with Gasteiger partial charge in [-0.1, -0.05) is 6.07 Å². The molecule has 1 atom stereocenters. The standard InChI is InChI=1S/C13H15F3N2O2/c1-17-10-5-6-18(8-10)12(19)9-3-2-4-11(7-9)20-13(14,15)16/h2-4,7,10,17H,5-6,8H2,1H3/t10-/m1/s1. The lowest BCUT2D eigenvalue weighted by atomic mass is 10.2. The van der Waals surface area contributed by atoms with Crippen LogP contribution in [0.4, 0.5) is 13.2 Å². The Bertz CT molecular complexity index is 491. The van der Waals surface area contributed by atoms with Gasteiger partial charge >= 0.3 is 6.36 Å². The molecule has 7 heteroatoms. The van der Waals surface area contributed by atoms with E-state index >= 15 is 0 Å². The average Bonchev–Trinajstić information content (AvgIpc) is 2.85. The van der Waals surface area contributed by atoms with Crippen molar-refractivity contribution in [2.75, 3.05) is 20.1 Å². The first-order chi connectivity index (χ1) is 9.39. The van der Waals surface area contributed by atoms with Gasteiger partial charge in [0.1, 0.15) is 5.75 Å². The van der Waals surface area contributed by atoms with Crippen molar-refractivity contribution < 1.29 is 22.7 Å². The van der Waals surface area contributed by atoms with Crippen LogP contribution in [-0.4, -0.2) is 43.3 Å². The van der Waals surface area contributed by atoms with Gasteiger partial charge in [-0.3, -0.25) is 4.79 Å². The molecule has 0 saturated carbocycles. The first-order valence-corrected chi connectivity index (χ1v) is 6.21. The van der Waals surface area contributed by atoms with Gasteiger partial charge in [0.05, 0.1) is 0 Å². The lowest BCUT2D eigenvalue weighted by Crippen LogP contribution is -2.33. The summed E-state index contributed by atoms with van der Waals surface area (Å²) >= 11 is 0. The van der Waals surface area contributed by atoms with E-state index in [0.717, 1.165) is 12.5 Å². The molecule has 0 aromatic heterocycles. The molecule has 1 aliphatic rings. The molecule has 110 valence electrons. The van der Waals surface area contributed by atoms with E-state index in [0.29, 0.717) is 13.1 Å². The summed E-state index contributed by atoms with van der Waals surface area (Å²) in [6.45, 7) is 1.15. The Balaban J connectivity index is 2.09. The summed E-state index contributed by atoms with van der Waals surface area (Å²) in [5.41, 5.74) is 0.198. The number of amides is 1. The van der Waals surface area contributed by atoms with E-state index in [1.165, 1.54) is 18.2 Å². The Morgan fingerprint density at radius 2 is 2.20 bits per heavy atom. The van der Waals surface area contributed by atoms with E-state index in [2.05, 4.69) is 10.1 Å². The SMILES string of the molecule is CN[C@@H]1CCN(C(=O)c2cccc(OC(F)(F)F)c2)C1. The number of benzene rings is 1. The number of carbonyl (C=O) groups is 1. The summed E-state index contributed by atoms with van der Waals surface area (Å²) in [7, 11) is 1.82. The zero-order chi connectivity index (χ0) is 14.8. The lowest BCUT2D eigenvalue weighted by Gasteiger charge is -2.17. The molecule has 0 bridgehead atoms. The van der Waals surface area contributed by atoms with Gasteiger partial charge in [-0.15, -0.1) is 13.2 Å². The molecule has 1 N–H and O–H groups in total. The second-order valence-electron chi connectivity index (χ2n) is 4.60. The maximum absolute atomic E-state index is 12.2. The molecule has 0 aliphatic carbocycles. The molecule has 0 spiro atoms. The minimum absolute atomic E-state index is 0.198. The van der Waals surface area contributed by atoms with Crippen molar-refractivity contribution >= 4 is 5.91 Å². The molecule has 1 fully saturated rings. The number of alkyl halides is 3. The summed E-state index contributed by atoms with van der Waals surface area (Å²) in [5.74, 6) is -0.664. The largest absolute Gasteiger partial charge is 0.573 e. The Hall–Kier alpha value is -1.76. The number of likely N-dealkylation sites (tertiary alicyclic amines) is 1. The molecule has 1 aromatic carbocycles. The van der Waals surface area contributed by atoms with Crippen molar-refractivity contribution in [1.29, 1.82) is 0 Å². The van der Waals surface area contributed by atoms with Crippen LogP contribution in [0.25, 0.3) is 0 Å². The Labute approximate surface area is 114 Å². The van der Waals surface area contributed by atoms with Crippen LogP contribution in [0.5, 0.6) is 5.75 Å². The van der Waals surface area contributed by atoms with Crippen LogP contribution < -0.4 is 10.1 Å². The van der Waals surface area contributed by atoms with Crippen LogP contribution in [0.2, 0.25) is 0 Å². The highest BCUT2D eigenvalue weighted by atomic mass is 19.4. The Morgan fingerprint density at radius 1 is 1.45 bits per heavy atom. The van der Waals surface area contributed by atoms with Crippen molar-refractivity contribution in [3.05, 3.63) is 29.8 Å². The molecule has 1 aromatic rings. The molecule has 0 unspecified atom stereocenters. The zero-order valence-corrected chi connectivity index (χ0v) is 10.9. The maximum atomic E-state index is 12.2. The van der Waals surface area contributed by atoms with Crippen LogP contribution in [-0.2, 0) is 0 Å². The first kappa shape index (κ1) is 14.6. The van der Waals surface area contributed by atoms with Gasteiger partial charge in [0.15, 0.2) is 0 Å². The number of halogens is 3. The third kappa shape index (κ3) is 3.63. The van der Waals surface area contributed by atoms with E-state index in [1.54, 1.807) is 4.90 Å². The van der Waals surface area contributed by atoms with E-state index in [4.69, 9.17) is 0 Å². The van der Waals surface area contributed by atoms with Gasteiger partial charge in [0.25, 0.3) is 5.91 Å². The molecule has 0 radical (unpaired) electrons. The van der Waals surface area contributed by atoms with Crippen molar-refractivity contribution in [2.45, 2.75) is 18.8 Å².